The van der Waals surface area contributed by atoms with Crippen molar-refractivity contribution in [3.63, 3.8) is 0 Å². The lowest BCUT2D eigenvalue weighted by Gasteiger charge is -2.06. The van der Waals surface area contributed by atoms with Gasteiger partial charge in [0.05, 0.1) is 0 Å². The first-order valence-corrected chi connectivity index (χ1v) is 5.80. The monoisotopic (exact) mass is 228 g/mol. The third kappa shape index (κ3) is 3.24. The van der Waals surface area contributed by atoms with Crippen LogP contribution in [-0.2, 0) is 0 Å². The highest BCUT2D eigenvalue weighted by Gasteiger charge is 2.10. The molecule has 1 aromatic heterocycles. The van der Waals surface area contributed by atoms with Crippen LogP contribution in [-0.4, -0.2) is 27.1 Å². The largest absolute Gasteiger partial charge is 0.344 e. The lowest BCUT2D eigenvalue weighted by Crippen LogP contribution is -2.19. The molecule has 1 heterocycles. The Labute approximate surface area is 92.7 Å². The second-order valence-corrected chi connectivity index (χ2v) is 4.28. The van der Waals surface area contributed by atoms with Crippen LogP contribution in [0, 0.1) is 0 Å². The molecule has 0 aliphatic heterocycles. The normalized spacial score (nSPS) is 11.7. The SMILES string of the molecule is CC(C)n1c(SCC=CCN)n[nH]c1=O. The lowest BCUT2D eigenvalue weighted by molar-refractivity contribution is 0.534. The summed E-state index contributed by atoms with van der Waals surface area (Å²) >= 11 is 1.51. The number of nitrogens with zero attached hydrogens (tertiary/aromatic N) is 2. The van der Waals surface area contributed by atoms with Crippen LogP contribution in [0.3, 0.4) is 0 Å². The van der Waals surface area contributed by atoms with E-state index < -0.39 is 0 Å². The molecule has 0 radical (unpaired) electrons. The highest BCUT2D eigenvalue weighted by Crippen LogP contribution is 2.16. The van der Waals surface area contributed by atoms with Crippen molar-refractivity contribution in [2.75, 3.05) is 12.3 Å². The molecule has 5 nitrogen and oxygen atoms in total. The van der Waals surface area contributed by atoms with Crippen molar-refractivity contribution in [3.05, 3.63) is 22.6 Å². The molecule has 6 heteroatoms. The number of aromatic amines is 1. The quantitative estimate of drug-likeness (QED) is 0.576. The Kier molecular flexibility index (Phi) is 4.64. The summed E-state index contributed by atoms with van der Waals surface area (Å²) in [6, 6.07) is 0.122. The summed E-state index contributed by atoms with van der Waals surface area (Å²) in [4.78, 5) is 11.4. The van der Waals surface area contributed by atoms with Gasteiger partial charge in [0.2, 0.25) is 0 Å². The number of hydrogen-bond donors (Lipinski definition) is 2. The number of rotatable bonds is 5. The first kappa shape index (κ1) is 12.1. The fourth-order valence-corrected chi connectivity index (χ4v) is 2.06. The molecule has 0 saturated heterocycles. The zero-order valence-electron chi connectivity index (χ0n) is 8.93. The molecule has 0 fully saturated rings. The van der Waals surface area contributed by atoms with Crippen molar-refractivity contribution >= 4 is 11.8 Å². The van der Waals surface area contributed by atoms with Crippen LogP contribution >= 0.6 is 11.8 Å². The molecule has 84 valence electrons. The zero-order chi connectivity index (χ0) is 11.3. The van der Waals surface area contributed by atoms with Gasteiger partial charge in [-0.2, -0.15) is 0 Å². The van der Waals surface area contributed by atoms with Gasteiger partial charge in [0.15, 0.2) is 5.16 Å². The van der Waals surface area contributed by atoms with Crippen LogP contribution in [0.4, 0.5) is 0 Å². The maximum atomic E-state index is 11.4. The molecule has 0 bridgehead atoms. The number of hydrogen-bond acceptors (Lipinski definition) is 4. The smallest absolute Gasteiger partial charge is 0.327 e. The van der Waals surface area contributed by atoms with Crippen molar-refractivity contribution in [1.82, 2.24) is 14.8 Å². The summed E-state index contributed by atoms with van der Waals surface area (Å²) in [6.45, 7) is 4.45. The van der Waals surface area contributed by atoms with E-state index in [4.69, 9.17) is 5.73 Å². The van der Waals surface area contributed by atoms with Gasteiger partial charge in [-0.25, -0.2) is 9.89 Å². The topological polar surface area (TPSA) is 76.7 Å². The van der Waals surface area contributed by atoms with E-state index in [1.807, 2.05) is 26.0 Å². The summed E-state index contributed by atoms with van der Waals surface area (Å²) in [5, 5.41) is 7.12. The maximum Gasteiger partial charge on any atom is 0.344 e. The van der Waals surface area contributed by atoms with Gasteiger partial charge in [0, 0.05) is 18.3 Å². The standard InChI is InChI=1S/C9H16N4OS/c1-7(2)13-8(14)11-12-9(13)15-6-4-3-5-10/h3-4,7H,5-6,10H2,1-2H3,(H,11,14). The Morgan fingerprint density at radius 1 is 1.60 bits per heavy atom. The van der Waals surface area contributed by atoms with Crippen LogP contribution < -0.4 is 11.4 Å². The summed E-state index contributed by atoms with van der Waals surface area (Å²) in [7, 11) is 0. The molecule has 0 aliphatic carbocycles. The molecule has 15 heavy (non-hydrogen) atoms. The van der Waals surface area contributed by atoms with Gasteiger partial charge in [-0.15, -0.1) is 5.10 Å². The second kappa shape index (κ2) is 5.77. The van der Waals surface area contributed by atoms with Crippen LogP contribution in [0.2, 0.25) is 0 Å². The van der Waals surface area contributed by atoms with E-state index in [1.54, 1.807) is 4.57 Å². The number of nitrogens with one attached hydrogen (secondary N) is 1. The van der Waals surface area contributed by atoms with E-state index in [9.17, 15) is 4.79 Å². The van der Waals surface area contributed by atoms with E-state index in [1.165, 1.54) is 11.8 Å². The van der Waals surface area contributed by atoms with Crippen LogP contribution in [0.15, 0.2) is 22.1 Å². The summed E-state index contributed by atoms with van der Waals surface area (Å²) in [6.07, 6.45) is 3.85. The molecule has 0 aromatic carbocycles. The summed E-state index contributed by atoms with van der Waals surface area (Å²) in [5.41, 5.74) is 5.16. The Morgan fingerprint density at radius 3 is 2.93 bits per heavy atom. The minimum Gasteiger partial charge on any atom is -0.327 e. The second-order valence-electron chi connectivity index (χ2n) is 3.29. The van der Waals surface area contributed by atoms with Gasteiger partial charge in [-0.1, -0.05) is 23.9 Å². The molecule has 3 N–H and O–H groups in total. The first-order chi connectivity index (χ1) is 7.16. The van der Waals surface area contributed by atoms with Crippen molar-refractivity contribution in [2.24, 2.45) is 5.73 Å². The average Bonchev–Trinajstić information content (AvgIpc) is 2.54. The van der Waals surface area contributed by atoms with Gasteiger partial charge in [-0.05, 0) is 13.8 Å². The maximum absolute atomic E-state index is 11.4. The predicted octanol–water partition coefficient (Wildman–Crippen LogP) is 0.759. The number of thioether (sulfide) groups is 1. The molecule has 0 saturated carbocycles. The molecular weight excluding hydrogens is 212 g/mol. The molecule has 1 rings (SSSR count). The van der Waals surface area contributed by atoms with E-state index in [2.05, 4.69) is 10.2 Å². The number of aromatic nitrogens is 3. The highest BCUT2D eigenvalue weighted by molar-refractivity contribution is 7.99. The van der Waals surface area contributed by atoms with Crippen molar-refractivity contribution in [2.45, 2.75) is 25.0 Å². The van der Waals surface area contributed by atoms with Crippen molar-refractivity contribution in [1.29, 1.82) is 0 Å². The highest BCUT2D eigenvalue weighted by atomic mass is 32.2. The molecule has 0 spiro atoms. The third-order valence-electron chi connectivity index (χ3n) is 1.80. The Balaban J connectivity index is 2.69. The number of H-pyrrole nitrogens is 1. The van der Waals surface area contributed by atoms with Crippen LogP contribution in [0.5, 0.6) is 0 Å². The Bertz CT molecular complexity index is 380. The lowest BCUT2D eigenvalue weighted by atomic mass is 10.4. The van der Waals surface area contributed by atoms with Gasteiger partial charge < -0.3 is 5.73 Å². The molecular formula is C9H16N4OS. The fraction of sp³-hybridized carbons (Fsp3) is 0.556. The minimum atomic E-state index is -0.157. The van der Waals surface area contributed by atoms with Crippen molar-refractivity contribution < 1.29 is 0 Å². The van der Waals surface area contributed by atoms with E-state index in [0.717, 1.165) is 10.9 Å². The zero-order valence-corrected chi connectivity index (χ0v) is 9.75. The first-order valence-electron chi connectivity index (χ1n) is 4.81. The molecule has 0 unspecified atom stereocenters. The minimum absolute atomic E-state index is 0.122. The van der Waals surface area contributed by atoms with E-state index in [0.29, 0.717) is 6.54 Å². The summed E-state index contributed by atoms with van der Waals surface area (Å²) < 4.78 is 1.64. The average molecular weight is 228 g/mol. The van der Waals surface area contributed by atoms with Gasteiger partial charge >= 0.3 is 5.69 Å². The van der Waals surface area contributed by atoms with Crippen molar-refractivity contribution in [3.8, 4) is 0 Å². The number of nitrogens with two attached hydrogens (primary N) is 1. The van der Waals surface area contributed by atoms with Gasteiger partial charge in [0.25, 0.3) is 0 Å². The van der Waals surface area contributed by atoms with Crippen LogP contribution in [0.25, 0.3) is 0 Å². The van der Waals surface area contributed by atoms with Gasteiger partial charge in [-0.3, -0.25) is 4.57 Å². The Morgan fingerprint density at radius 2 is 2.33 bits per heavy atom. The van der Waals surface area contributed by atoms with Gasteiger partial charge in [0.1, 0.15) is 0 Å². The molecule has 0 atom stereocenters. The third-order valence-corrected chi connectivity index (χ3v) is 2.71. The van der Waals surface area contributed by atoms with E-state index in [-0.39, 0.29) is 11.7 Å². The Hall–Kier alpha value is -1.01. The summed E-state index contributed by atoms with van der Waals surface area (Å²) in [5.74, 6) is 0.772. The predicted molar refractivity (Wildman–Crippen MR) is 62.2 cm³/mol. The van der Waals surface area contributed by atoms with E-state index >= 15 is 0 Å². The molecule has 0 aliphatic rings. The molecule has 0 amide bonds. The molecule has 1 aromatic rings. The fourth-order valence-electron chi connectivity index (χ4n) is 1.13. The van der Waals surface area contributed by atoms with Crippen LogP contribution in [0.1, 0.15) is 19.9 Å².